The Morgan fingerprint density at radius 1 is 0.848 bits per heavy atom. The third kappa shape index (κ3) is 5.71. The molecule has 0 saturated carbocycles. The number of likely N-dealkylation sites (N-methyl/N-ethyl adjacent to an activating group) is 1. The second-order valence-electron chi connectivity index (χ2n) is 7.65. The molecule has 0 aliphatic heterocycles. The average molecular weight is 448 g/mol. The van der Waals surface area contributed by atoms with Crippen molar-refractivity contribution in [3.8, 4) is 5.75 Å². The number of carbonyl (C=O) groups excluding carboxylic acids is 2. The Hall–Kier alpha value is -3.80. The van der Waals surface area contributed by atoms with Crippen molar-refractivity contribution in [2.45, 2.75) is 25.5 Å². The first-order valence-corrected chi connectivity index (χ1v) is 10.8. The standard InChI is InChI=1S/C27H29NO5/c1-4-27(23-13-9-6-10-14-23,20-33-25(29)22-11-7-5-8-12-22)28(2)26(30)32-19-21-15-17-24(31-3)18-16-21/h5-18H,4,19-20H2,1-3H3/t27-/m1/s1. The highest BCUT2D eigenvalue weighted by Gasteiger charge is 2.40. The molecule has 6 heteroatoms. The van der Waals surface area contributed by atoms with E-state index in [-0.39, 0.29) is 13.2 Å². The third-order valence-corrected chi connectivity index (χ3v) is 5.78. The fraction of sp³-hybridized carbons (Fsp3) is 0.259. The summed E-state index contributed by atoms with van der Waals surface area (Å²) in [6.07, 6.45) is 0.0139. The Balaban J connectivity index is 1.78. The van der Waals surface area contributed by atoms with E-state index in [0.717, 1.165) is 16.9 Å². The molecule has 0 aliphatic carbocycles. The van der Waals surface area contributed by atoms with Crippen molar-refractivity contribution < 1.29 is 23.8 Å². The predicted molar refractivity (Wildman–Crippen MR) is 126 cm³/mol. The maximum Gasteiger partial charge on any atom is 0.410 e. The van der Waals surface area contributed by atoms with Gasteiger partial charge in [0.15, 0.2) is 0 Å². The van der Waals surface area contributed by atoms with E-state index in [0.29, 0.717) is 12.0 Å². The van der Waals surface area contributed by atoms with Crippen molar-refractivity contribution in [2.75, 3.05) is 20.8 Å². The summed E-state index contributed by atoms with van der Waals surface area (Å²) in [4.78, 5) is 27.2. The molecule has 0 aliphatic rings. The summed E-state index contributed by atoms with van der Waals surface area (Å²) in [5.41, 5.74) is 1.27. The number of hydrogen-bond acceptors (Lipinski definition) is 5. The van der Waals surface area contributed by atoms with Gasteiger partial charge >= 0.3 is 12.1 Å². The Morgan fingerprint density at radius 3 is 2.03 bits per heavy atom. The molecule has 6 nitrogen and oxygen atoms in total. The van der Waals surface area contributed by atoms with Gasteiger partial charge < -0.3 is 14.2 Å². The third-order valence-electron chi connectivity index (χ3n) is 5.78. The lowest BCUT2D eigenvalue weighted by molar-refractivity contribution is -0.000563. The maximum atomic E-state index is 13.1. The number of nitrogens with zero attached hydrogens (tertiary/aromatic N) is 1. The fourth-order valence-electron chi connectivity index (χ4n) is 3.65. The van der Waals surface area contributed by atoms with Gasteiger partial charge in [0, 0.05) is 7.05 Å². The molecule has 0 aromatic heterocycles. The molecule has 1 amide bonds. The number of hydrogen-bond donors (Lipinski definition) is 0. The van der Waals surface area contributed by atoms with E-state index < -0.39 is 17.6 Å². The molecule has 0 spiro atoms. The first-order valence-electron chi connectivity index (χ1n) is 10.8. The molecule has 0 bridgehead atoms. The van der Waals surface area contributed by atoms with Crippen LogP contribution in [0.1, 0.15) is 34.8 Å². The van der Waals surface area contributed by atoms with E-state index in [9.17, 15) is 9.59 Å². The zero-order chi connectivity index (χ0) is 23.7. The zero-order valence-corrected chi connectivity index (χ0v) is 19.2. The van der Waals surface area contributed by atoms with Gasteiger partial charge in [0.1, 0.15) is 24.5 Å². The van der Waals surface area contributed by atoms with Crippen molar-refractivity contribution >= 4 is 12.1 Å². The Morgan fingerprint density at radius 2 is 1.45 bits per heavy atom. The van der Waals surface area contributed by atoms with E-state index in [1.807, 2.05) is 67.6 Å². The van der Waals surface area contributed by atoms with Crippen LogP contribution in [0.4, 0.5) is 4.79 Å². The molecule has 1 atom stereocenters. The number of carbonyl (C=O) groups is 2. The molecule has 3 aromatic rings. The Bertz CT molecular complexity index is 1040. The quantitative estimate of drug-likeness (QED) is 0.410. The molecule has 0 heterocycles. The van der Waals surface area contributed by atoms with Gasteiger partial charge in [-0.2, -0.15) is 0 Å². The van der Waals surface area contributed by atoms with E-state index in [2.05, 4.69) is 0 Å². The highest BCUT2D eigenvalue weighted by molar-refractivity contribution is 5.89. The van der Waals surface area contributed by atoms with Crippen molar-refractivity contribution in [3.05, 3.63) is 102 Å². The van der Waals surface area contributed by atoms with E-state index in [1.165, 1.54) is 4.90 Å². The van der Waals surface area contributed by atoms with Gasteiger partial charge in [-0.25, -0.2) is 9.59 Å². The van der Waals surface area contributed by atoms with Gasteiger partial charge in [0.2, 0.25) is 0 Å². The minimum atomic E-state index is -0.886. The smallest absolute Gasteiger partial charge is 0.410 e. The first-order chi connectivity index (χ1) is 16.0. The molecule has 0 radical (unpaired) electrons. The van der Waals surface area contributed by atoms with Gasteiger partial charge in [0.25, 0.3) is 0 Å². The van der Waals surface area contributed by atoms with E-state index in [4.69, 9.17) is 14.2 Å². The lowest BCUT2D eigenvalue weighted by Gasteiger charge is -2.40. The van der Waals surface area contributed by atoms with Crippen LogP contribution in [-0.2, 0) is 21.6 Å². The van der Waals surface area contributed by atoms with E-state index >= 15 is 0 Å². The molecule has 0 fully saturated rings. The van der Waals surface area contributed by atoms with Crippen LogP contribution in [0.25, 0.3) is 0 Å². The average Bonchev–Trinajstić information content (AvgIpc) is 2.89. The zero-order valence-electron chi connectivity index (χ0n) is 19.2. The molecule has 0 unspecified atom stereocenters. The summed E-state index contributed by atoms with van der Waals surface area (Å²) in [5, 5.41) is 0. The molecular weight excluding hydrogens is 418 g/mol. The normalized spacial score (nSPS) is 12.3. The molecule has 33 heavy (non-hydrogen) atoms. The summed E-state index contributed by atoms with van der Waals surface area (Å²) in [6, 6.07) is 25.7. The summed E-state index contributed by atoms with van der Waals surface area (Å²) in [7, 11) is 3.27. The van der Waals surface area contributed by atoms with Crippen LogP contribution in [0.3, 0.4) is 0 Å². The maximum absolute atomic E-state index is 13.1. The number of ether oxygens (including phenoxy) is 3. The first kappa shape index (κ1) is 23.9. The van der Waals surface area contributed by atoms with Crippen LogP contribution in [-0.4, -0.2) is 37.7 Å². The SMILES string of the molecule is CC[C@@](COC(=O)c1ccccc1)(c1ccccc1)N(C)C(=O)OCc1ccc(OC)cc1. The molecule has 172 valence electrons. The van der Waals surface area contributed by atoms with Gasteiger partial charge in [-0.3, -0.25) is 4.90 Å². The summed E-state index contributed by atoms with van der Waals surface area (Å²) in [6.45, 7) is 2.07. The lowest BCUT2D eigenvalue weighted by atomic mass is 9.86. The van der Waals surface area contributed by atoms with Gasteiger partial charge in [-0.15, -0.1) is 0 Å². The minimum absolute atomic E-state index is 0.00459. The number of amides is 1. The van der Waals surface area contributed by atoms with Crippen molar-refractivity contribution in [2.24, 2.45) is 0 Å². The van der Waals surface area contributed by atoms with Crippen LogP contribution in [0.5, 0.6) is 5.75 Å². The number of benzene rings is 3. The molecule has 3 aromatic carbocycles. The molecular formula is C27H29NO5. The Kier molecular flexibility index (Phi) is 8.08. The second kappa shape index (κ2) is 11.2. The molecule has 0 saturated heterocycles. The minimum Gasteiger partial charge on any atom is -0.497 e. The molecule has 0 N–H and O–H groups in total. The summed E-state index contributed by atoms with van der Waals surface area (Å²) >= 11 is 0. The number of rotatable bonds is 9. The van der Waals surface area contributed by atoms with Crippen molar-refractivity contribution in [3.63, 3.8) is 0 Å². The highest BCUT2D eigenvalue weighted by atomic mass is 16.6. The topological polar surface area (TPSA) is 65.1 Å². The van der Waals surface area contributed by atoms with Crippen LogP contribution < -0.4 is 4.74 Å². The van der Waals surface area contributed by atoms with Crippen molar-refractivity contribution in [1.82, 2.24) is 4.90 Å². The lowest BCUT2D eigenvalue weighted by Crippen LogP contribution is -2.50. The van der Waals surface area contributed by atoms with Crippen LogP contribution in [0.2, 0.25) is 0 Å². The van der Waals surface area contributed by atoms with Gasteiger partial charge in [-0.05, 0) is 41.8 Å². The second-order valence-corrected chi connectivity index (χ2v) is 7.65. The molecule has 3 rings (SSSR count). The summed E-state index contributed by atoms with van der Waals surface area (Å²) < 4.78 is 16.4. The van der Waals surface area contributed by atoms with Gasteiger partial charge in [0.05, 0.1) is 12.7 Å². The number of esters is 1. The largest absolute Gasteiger partial charge is 0.497 e. The summed E-state index contributed by atoms with van der Waals surface area (Å²) in [5.74, 6) is 0.292. The monoisotopic (exact) mass is 447 g/mol. The Labute approximate surface area is 194 Å². The highest BCUT2D eigenvalue weighted by Crippen LogP contribution is 2.33. The van der Waals surface area contributed by atoms with Crippen LogP contribution >= 0.6 is 0 Å². The van der Waals surface area contributed by atoms with Crippen LogP contribution in [0, 0.1) is 0 Å². The van der Waals surface area contributed by atoms with E-state index in [1.54, 1.807) is 38.4 Å². The predicted octanol–water partition coefficient (Wildman–Crippen LogP) is 5.43. The van der Waals surface area contributed by atoms with Crippen LogP contribution in [0.15, 0.2) is 84.9 Å². The van der Waals surface area contributed by atoms with Gasteiger partial charge in [-0.1, -0.05) is 67.6 Å². The fourth-order valence-corrected chi connectivity index (χ4v) is 3.65. The van der Waals surface area contributed by atoms with Crippen molar-refractivity contribution in [1.29, 1.82) is 0 Å². The number of methoxy groups -OCH3 is 1.